The fraction of sp³-hybridized carbons (Fsp3) is 0.538. The summed E-state index contributed by atoms with van der Waals surface area (Å²) in [6, 6.07) is 8.07. The number of hydrogen-bond acceptors (Lipinski definition) is 2. The van der Waals surface area contributed by atoms with Gasteiger partial charge in [0.15, 0.2) is 0 Å². The van der Waals surface area contributed by atoms with E-state index < -0.39 is 0 Å². The molecule has 0 fully saturated rings. The first kappa shape index (κ1) is 13.7. The van der Waals surface area contributed by atoms with E-state index >= 15 is 0 Å². The van der Waals surface area contributed by atoms with E-state index in [2.05, 4.69) is 22.9 Å². The minimum absolute atomic E-state index is 0.263. The Hall–Kier alpha value is -0.380. The van der Waals surface area contributed by atoms with E-state index in [4.69, 9.17) is 4.74 Å². The Morgan fingerprint density at radius 3 is 2.81 bits per heavy atom. The molecule has 2 nitrogen and oxygen atoms in total. The summed E-state index contributed by atoms with van der Waals surface area (Å²) in [7, 11) is 1.69. The van der Waals surface area contributed by atoms with Crippen molar-refractivity contribution in [1.82, 2.24) is 0 Å². The Morgan fingerprint density at radius 1 is 1.44 bits per heavy atom. The van der Waals surface area contributed by atoms with Crippen LogP contribution in [0.15, 0.2) is 28.7 Å². The molecule has 1 N–H and O–H groups in total. The third-order valence-electron chi connectivity index (χ3n) is 2.77. The summed E-state index contributed by atoms with van der Waals surface area (Å²) < 4.78 is 6.07. The van der Waals surface area contributed by atoms with Crippen molar-refractivity contribution in [3.63, 3.8) is 0 Å². The normalized spacial score (nSPS) is 14.8. The zero-order valence-electron chi connectivity index (χ0n) is 9.82. The molecule has 1 rings (SSSR count). The molecule has 0 spiro atoms. The van der Waals surface area contributed by atoms with Crippen LogP contribution in [0, 0.1) is 5.92 Å². The number of aliphatic hydroxyl groups excluding tert-OH is 1. The van der Waals surface area contributed by atoms with Gasteiger partial charge in [-0.3, -0.25) is 0 Å². The van der Waals surface area contributed by atoms with Gasteiger partial charge in [0.1, 0.15) is 0 Å². The third-order valence-corrected chi connectivity index (χ3v) is 3.26. The number of rotatable bonds is 6. The number of methoxy groups -OCH3 is 1. The number of halogens is 1. The summed E-state index contributed by atoms with van der Waals surface area (Å²) in [5.41, 5.74) is 1.16. The van der Waals surface area contributed by atoms with Crippen LogP contribution in [-0.2, 0) is 11.2 Å². The first-order valence-corrected chi connectivity index (χ1v) is 6.34. The predicted molar refractivity (Wildman–Crippen MR) is 69.5 cm³/mol. The Morgan fingerprint density at radius 2 is 2.19 bits per heavy atom. The van der Waals surface area contributed by atoms with Gasteiger partial charge < -0.3 is 9.84 Å². The fourth-order valence-electron chi connectivity index (χ4n) is 1.60. The SMILES string of the molecule is COCCC(C)C(O)Cc1cccc(Br)c1. The van der Waals surface area contributed by atoms with Crippen LogP contribution in [0.1, 0.15) is 18.9 Å². The molecule has 1 aromatic carbocycles. The van der Waals surface area contributed by atoms with Crippen molar-refractivity contribution in [2.75, 3.05) is 13.7 Å². The Labute approximate surface area is 106 Å². The molecule has 0 saturated carbocycles. The summed E-state index contributed by atoms with van der Waals surface area (Å²) >= 11 is 3.43. The van der Waals surface area contributed by atoms with E-state index in [1.165, 1.54) is 0 Å². The van der Waals surface area contributed by atoms with Gasteiger partial charge in [-0.05, 0) is 36.5 Å². The molecule has 0 aliphatic rings. The van der Waals surface area contributed by atoms with Crippen LogP contribution < -0.4 is 0 Å². The van der Waals surface area contributed by atoms with Crippen LogP contribution in [0.3, 0.4) is 0 Å². The molecule has 0 aliphatic heterocycles. The first-order valence-electron chi connectivity index (χ1n) is 5.55. The van der Waals surface area contributed by atoms with Gasteiger partial charge in [0.05, 0.1) is 6.10 Å². The van der Waals surface area contributed by atoms with Gasteiger partial charge in [-0.25, -0.2) is 0 Å². The molecule has 2 unspecified atom stereocenters. The maximum atomic E-state index is 10.0. The van der Waals surface area contributed by atoms with Gasteiger partial charge in [0, 0.05) is 18.2 Å². The molecule has 16 heavy (non-hydrogen) atoms. The van der Waals surface area contributed by atoms with Crippen LogP contribution >= 0.6 is 15.9 Å². The number of benzene rings is 1. The Bertz CT molecular complexity index is 315. The van der Waals surface area contributed by atoms with Crippen LogP contribution in [-0.4, -0.2) is 24.9 Å². The smallest absolute Gasteiger partial charge is 0.0606 e. The van der Waals surface area contributed by atoms with Crippen LogP contribution in [0.4, 0.5) is 0 Å². The molecule has 2 atom stereocenters. The summed E-state index contributed by atoms with van der Waals surface area (Å²) in [6.07, 6.45) is 1.29. The number of hydrogen-bond donors (Lipinski definition) is 1. The molecule has 90 valence electrons. The van der Waals surface area contributed by atoms with Crippen molar-refractivity contribution in [2.45, 2.75) is 25.9 Å². The monoisotopic (exact) mass is 286 g/mol. The van der Waals surface area contributed by atoms with Crippen molar-refractivity contribution in [1.29, 1.82) is 0 Å². The maximum absolute atomic E-state index is 10.0. The number of ether oxygens (including phenoxy) is 1. The molecule has 0 heterocycles. The molecule has 0 bridgehead atoms. The van der Waals surface area contributed by atoms with Crippen LogP contribution in [0.2, 0.25) is 0 Å². The molecule has 0 saturated heterocycles. The van der Waals surface area contributed by atoms with Crippen molar-refractivity contribution < 1.29 is 9.84 Å². The highest BCUT2D eigenvalue weighted by atomic mass is 79.9. The highest BCUT2D eigenvalue weighted by Crippen LogP contribution is 2.17. The molecule has 3 heteroatoms. The Balaban J connectivity index is 2.47. The average Bonchev–Trinajstić information content (AvgIpc) is 2.25. The van der Waals surface area contributed by atoms with Crippen molar-refractivity contribution in [3.8, 4) is 0 Å². The van der Waals surface area contributed by atoms with Crippen molar-refractivity contribution in [3.05, 3.63) is 34.3 Å². The van der Waals surface area contributed by atoms with E-state index in [0.29, 0.717) is 13.0 Å². The van der Waals surface area contributed by atoms with Crippen LogP contribution in [0.5, 0.6) is 0 Å². The summed E-state index contributed by atoms with van der Waals surface area (Å²) in [5.74, 6) is 0.263. The zero-order chi connectivity index (χ0) is 12.0. The fourth-order valence-corrected chi connectivity index (χ4v) is 2.05. The minimum Gasteiger partial charge on any atom is -0.393 e. The van der Waals surface area contributed by atoms with E-state index in [1.54, 1.807) is 7.11 Å². The summed E-state index contributed by atoms with van der Waals surface area (Å²) in [4.78, 5) is 0. The topological polar surface area (TPSA) is 29.5 Å². The third kappa shape index (κ3) is 4.64. The van der Waals surface area contributed by atoms with E-state index in [9.17, 15) is 5.11 Å². The Kier molecular flexibility index (Phi) is 6.03. The van der Waals surface area contributed by atoms with Gasteiger partial charge in [-0.15, -0.1) is 0 Å². The minimum atomic E-state index is -0.301. The van der Waals surface area contributed by atoms with Gasteiger partial charge >= 0.3 is 0 Å². The molecule has 0 amide bonds. The van der Waals surface area contributed by atoms with Crippen LogP contribution in [0.25, 0.3) is 0 Å². The number of aliphatic hydroxyl groups is 1. The van der Waals surface area contributed by atoms with Gasteiger partial charge in [0.25, 0.3) is 0 Å². The zero-order valence-corrected chi connectivity index (χ0v) is 11.4. The molecular weight excluding hydrogens is 268 g/mol. The van der Waals surface area contributed by atoms with E-state index in [0.717, 1.165) is 16.5 Å². The molecule has 0 radical (unpaired) electrons. The highest BCUT2D eigenvalue weighted by Gasteiger charge is 2.14. The van der Waals surface area contributed by atoms with Crippen molar-refractivity contribution in [2.24, 2.45) is 5.92 Å². The second-order valence-corrected chi connectivity index (χ2v) is 5.08. The average molecular weight is 287 g/mol. The second kappa shape index (κ2) is 7.05. The summed E-state index contributed by atoms with van der Waals surface area (Å²) in [5, 5.41) is 10.0. The van der Waals surface area contributed by atoms with Crippen molar-refractivity contribution >= 4 is 15.9 Å². The lowest BCUT2D eigenvalue weighted by Crippen LogP contribution is -2.21. The van der Waals surface area contributed by atoms with Gasteiger partial charge in [-0.1, -0.05) is 35.0 Å². The molecule has 0 aromatic heterocycles. The quantitative estimate of drug-likeness (QED) is 0.871. The predicted octanol–water partition coefficient (Wildman–Crippen LogP) is 3.03. The van der Waals surface area contributed by atoms with E-state index in [-0.39, 0.29) is 12.0 Å². The molecule has 1 aromatic rings. The standard InChI is InChI=1S/C13H19BrO2/c1-10(6-7-16-2)13(15)9-11-4-3-5-12(14)8-11/h3-5,8,10,13,15H,6-7,9H2,1-2H3. The summed E-state index contributed by atoms with van der Waals surface area (Å²) in [6.45, 7) is 2.76. The lowest BCUT2D eigenvalue weighted by molar-refractivity contribution is 0.0887. The lowest BCUT2D eigenvalue weighted by Gasteiger charge is -2.18. The molecule has 0 aliphatic carbocycles. The van der Waals surface area contributed by atoms with Gasteiger partial charge in [0.2, 0.25) is 0 Å². The molecular formula is C13H19BrO2. The lowest BCUT2D eigenvalue weighted by atomic mass is 9.95. The van der Waals surface area contributed by atoms with Gasteiger partial charge in [-0.2, -0.15) is 0 Å². The maximum Gasteiger partial charge on any atom is 0.0606 e. The highest BCUT2D eigenvalue weighted by molar-refractivity contribution is 9.10. The second-order valence-electron chi connectivity index (χ2n) is 4.16. The first-order chi connectivity index (χ1) is 7.63. The van der Waals surface area contributed by atoms with E-state index in [1.807, 2.05) is 24.3 Å². The largest absolute Gasteiger partial charge is 0.393 e.